The van der Waals surface area contributed by atoms with Gasteiger partial charge in [-0.25, -0.2) is 4.39 Å². The van der Waals surface area contributed by atoms with Gasteiger partial charge in [-0.15, -0.1) is 0 Å². The predicted octanol–water partition coefficient (Wildman–Crippen LogP) is 1.90. The van der Waals surface area contributed by atoms with E-state index in [1.807, 2.05) is 6.92 Å². The van der Waals surface area contributed by atoms with Crippen molar-refractivity contribution in [1.82, 2.24) is 0 Å². The first-order valence-electron chi connectivity index (χ1n) is 4.97. The summed E-state index contributed by atoms with van der Waals surface area (Å²) in [5, 5.41) is 11.9. The zero-order valence-electron chi connectivity index (χ0n) is 9.05. The summed E-state index contributed by atoms with van der Waals surface area (Å²) in [6.07, 6.45) is 0.635. The third-order valence-corrected chi connectivity index (χ3v) is 2.29. The second-order valence-electron chi connectivity index (χ2n) is 3.75. The molecular weight excluding hydrogens is 195 g/mol. The SMILES string of the molecule is Cc1cc(NC(C)CCO)c(N)cc1F. The van der Waals surface area contributed by atoms with Gasteiger partial charge in [0.15, 0.2) is 0 Å². The van der Waals surface area contributed by atoms with Crippen molar-refractivity contribution < 1.29 is 9.50 Å². The molecule has 0 saturated carbocycles. The Morgan fingerprint density at radius 3 is 2.80 bits per heavy atom. The summed E-state index contributed by atoms with van der Waals surface area (Å²) in [6, 6.07) is 3.10. The van der Waals surface area contributed by atoms with Crippen molar-refractivity contribution in [2.24, 2.45) is 0 Å². The van der Waals surface area contributed by atoms with Crippen LogP contribution in [0.4, 0.5) is 15.8 Å². The van der Waals surface area contributed by atoms with Crippen molar-refractivity contribution in [3.63, 3.8) is 0 Å². The molecule has 4 heteroatoms. The van der Waals surface area contributed by atoms with Gasteiger partial charge in [0.25, 0.3) is 0 Å². The van der Waals surface area contributed by atoms with Crippen LogP contribution in [-0.2, 0) is 0 Å². The minimum atomic E-state index is -0.298. The van der Waals surface area contributed by atoms with Crippen molar-refractivity contribution in [2.45, 2.75) is 26.3 Å². The quantitative estimate of drug-likeness (QED) is 0.668. The molecule has 1 unspecified atom stereocenters. The molecule has 0 bridgehead atoms. The highest BCUT2D eigenvalue weighted by atomic mass is 19.1. The maximum atomic E-state index is 13.1. The number of nitrogen functional groups attached to an aromatic ring is 1. The van der Waals surface area contributed by atoms with Crippen molar-refractivity contribution in [1.29, 1.82) is 0 Å². The number of aryl methyl sites for hydroxylation is 1. The van der Waals surface area contributed by atoms with Crippen LogP contribution in [0.1, 0.15) is 18.9 Å². The Balaban J connectivity index is 2.81. The topological polar surface area (TPSA) is 58.3 Å². The molecule has 1 aromatic rings. The molecule has 1 rings (SSSR count). The zero-order valence-corrected chi connectivity index (χ0v) is 9.05. The Bertz CT molecular complexity index is 342. The minimum absolute atomic E-state index is 0.113. The van der Waals surface area contributed by atoms with E-state index in [2.05, 4.69) is 5.32 Å². The van der Waals surface area contributed by atoms with Gasteiger partial charge >= 0.3 is 0 Å². The lowest BCUT2D eigenvalue weighted by molar-refractivity contribution is 0.282. The number of halogens is 1. The molecule has 0 fully saturated rings. The number of rotatable bonds is 4. The predicted molar refractivity (Wildman–Crippen MR) is 60.3 cm³/mol. The lowest BCUT2D eigenvalue weighted by Gasteiger charge is -2.16. The number of aliphatic hydroxyl groups is 1. The molecule has 0 aliphatic heterocycles. The average Bonchev–Trinajstić information content (AvgIpc) is 2.14. The van der Waals surface area contributed by atoms with Crippen LogP contribution in [-0.4, -0.2) is 17.8 Å². The fourth-order valence-corrected chi connectivity index (χ4v) is 1.35. The standard InChI is InChI=1S/C11H17FN2O/c1-7-5-11(10(13)6-9(7)12)14-8(2)3-4-15/h5-6,8,14-15H,3-4,13H2,1-2H3. The van der Waals surface area contributed by atoms with Gasteiger partial charge in [-0.3, -0.25) is 0 Å². The van der Waals surface area contributed by atoms with Crippen molar-refractivity contribution >= 4 is 11.4 Å². The third kappa shape index (κ3) is 3.09. The van der Waals surface area contributed by atoms with Gasteiger partial charge in [0.1, 0.15) is 5.82 Å². The van der Waals surface area contributed by atoms with Gasteiger partial charge in [-0.2, -0.15) is 0 Å². The van der Waals surface area contributed by atoms with Gasteiger partial charge in [0, 0.05) is 12.6 Å². The fourth-order valence-electron chi connectivity index (χ4n) is 1.35. The molecule has 0 aliphatic rings. The molecule has 0 saturated heterocycles. The van der Waals surface area contributed by atoms with Crippen LogP contribution in [0.25, 0.3) is 0 Å². The average molecular weight is 212 g/mol. The van der Waals surface area contributed by atoms with Crippen LogP contribution in [0, 0.1) is 12.7 Å². The summed E-state index contributed by atoms with van der Waals surface area (Å²) in [7, 11) is 0. The summed E-state index contributed by atoms with van der Waals surface area (Å²) in [4.78, 5) is 0. The first kappa shape index (κ1) is 11.8. The zero-order chi connectivity index (χ0) is 11.4. The van der Waals surface area contributed by atoms with E-state index in [9.17, 15) is 4.39 Å². The highest BCUT2D eigenvalue weighted by Crippen LogP contribution is 2.23. The Morgan fingerprint density at radius 2 is 2.20 bits per heavy atom. The first-order chi connectivity index (χ1) is 7.04. The van der Waals surface area contributed by atoms with Gasteiger partial charge in [0.05, 0.1) is 11.4 Å². The monoisotopic (exact) mass is 212 g/mol. The Morgan fingerprint density at radius 1 is 1.53 bits per heavy atom. The molecule has 0 radical (unpaired) electrons. The second kappa shape index (κ2) is 4.98. The van der Waals surface area contributed by atoms with Crippen LogP contribution in [0.2, 0.25) is 0 Å². The van der Waals surface area contributed by atoms with E-state index in [1.165, 1.54) is 6.07 Å². The highest BCUT2D eigenvalue weighted by molar-refractivity contribution is 5.67. The number of hydrogen-bond acceptors (Lipinski definition) is 3. The molecule has 3 nitrogen and oxygen atoms in total. The molecule has 1 aromatic carbocycles. The lowest BCUT2D eigenvalue weighted by atomic mass is 10.1. The molecule has 0 spiro atoms. The Kier molecular flexibility index (Phi) is 3.91. The maximum absolute atomic E-state index is 13.1. The second-order valence-corrected chi connectivity index (χ2v) is 3.75. The third-order valence-electron chi connectivity index (χ3n) is 2.29. The van der Waals surface area contributed by atoms with Crippen LogP contribution >= 0.6 is 0 Å². The molecule has 1 atom stereocenters. The van der Waals surface area contributed by atoms with Crippen molar-refractivity contribution in [3.8, 4) is 0 Å². The van der Waals surface area contributed by atoms with Crippen LogP contribution < -0.4 is 11.1 Å². The molecule has 84 valence electrons. The molecule has 4 N–H and O–H groups in total. The van der Waals surface area contributed by atoms with Crippen molar-refractivity contribution in [2.75, 3.05) is 17.7 Å². The van der Waals surface area contributed by atoms with E-state index in [-0.39, 0.29) is 18.5 Å². The number of anilines is 2. The molecule has 0 heterocycles. The van der Waals surface area contributed by atoms with Crippen LogP contribution in [0.15, 0.2) is 12.1 Å². The first-order valence-corrected chi connectivity index (χ1v) is 4.97. The molecule has 0 aliphatic carbocycles. The largest absolute Gasteiger partial charge is 0.397 e. The number of hydrogen-bond donors (Lipinski definition) is 3. The minimum Gasteiger partial charge on any atom is -0.397 e. The number of aliphatic hydroxyl groups excluding tert-OH is 1. The van der Waals surface area contributed by atoms with Crippen LogP contribution in [0.3, 0.4) is 0 Å². The lowest BCUT2D eigenvalue weighted by Crippen LogP contribution is -2.17. The van der Waals surface area contributed by atoms with Gasteiger partial charge < -0.3 is 16.2 Å². The van der Waals surface area contributed by atoms with Crippen LogP contribution in [0.5, 0.6) is 0 Å². The smallest absolute Gasteiger partial charge is 0.128 e. The van der Waals surface area contributed by atoms with Gasteiger partial charge in [-0.05, 0) is 38.0 Å². The summed E-state index contributed by atoms with van der Waals surface area (Å²) in [6.45, 7) is 3.75. The molecule has 15 heavy (non-hydrogen) atoms. The summed E-state index contributed by atoms with van der Waals surface area (Å²) in [5.41, 5.74) is 7.34. The van der Waals surface area contributed by atoms with E-state index in [4.69, 9.17) is 10.8 Å². The molecular formula is C11H17FN2O. The summed E-state index contributed by atoms with van der Waals surface area (Å²) in [5.74, 6) is -0.298. The fraction of sp³-hybridized carbons (Fsp3) is 0.455. The van der Waals surface area contributed by atoms with Gasteiger partial charge in [-0.1, -0.05) is 0 Å². The number of nitrogens with one attached hydrogen (secondary N) is 1. The number of nitrogens with two attached hydrogens (primary N) is 1. The van der Waals surface area contributed by atoms with E-state index in [0.717, 1.165) is 5.69 Å². The van der Waals surface area contributed by atoms with E-state index < -0.39 is 0 Å². The summed E-state index contributed by atoms with van der Waals surface area (Å²) >= 11 is 0. The van der Waals surface area contributed by atoms with Gasteiger partial charge in [0.2, 0.25) is 0 Å². The normalized spacial score (nSPS) is 12.5. The Hall–Kier alpha value is -1.29. The Labute approximate surface area is 89.1 Å². The van der Waals surface area contributed by atoms with E-state index in [0.29, 0.717) is 17.7 Å². The molecule has 0 aromatic heterocycles. The van der Waals surface area contributed by atoms with E-state index >= 15 is 0 Å². The number of benzene rings is 1. The summed E-state index contributed by atoms with van der Waals surface area (Å²) < 4.78 is 13.1. The molecule has 0 amide bonds. The highest BCUT2D eigenvalue weighted by Gasteiger charge is 2.07. The van der Waals surface area contributed by atoms with E-state index in [1.54, 1.807) is 13.0 Å². The van der Waals surface area contributed by atoms with Crippen molar-refractivity contribution in [3.05, 3.63) is 23.5 Å². The maximum Gasteiger partial charge on any atom is 0.128 e.